The molecule has 0 amide bonds. The molecule has 0 spiro atoms. The Morgan fingerprint density at radius 2 is 1.97 bits per heavy atom. The molecular formula is C20H19F4N5O3S. The molecule has 1 aliphatic carbocycles. The van der Waals surface area contributed by atoms with Crippen molar-refractivity contribution in [3.63, 3.8) is 0 Å². The second-order valence-electron chi connectivity index (χ2n) is 7.58. The van der Waals surface area contributed by atoms with Crippen LogP contribution in [0.1, 0.15) is 30.9 Å². The van der Waals surface area contributed by atoms with Crippen LogP contribution in [0.5, 0.6) is 5.75 Å². The van der Waals surface area contributed by atoms with Gasteiger partial charge in [0, 0.05) is 38.0 Å². The molecular weight excluding hydrogens is 466 g/mol. The van der Waals surface area contributed by atoms with E-state index in [-0.39, 0.29) is 30.8 Å². The molecule has 1 saturated carbocycles. The number of aromatic nitrogens is 4. The molecule has 0 bridgehead atoms. The van der Waals surface area contributed by atoms with E-state index in [0.717, 1.165) is 6.33 Å². The largest absolute Gasteiger partial charge is 0.486 e. The van der Waals surface area contributed by atoms with Gasteiger partial charge in [0.05, 0.1) is 5.69 Å². The predicted octanol–water partition coefficient (Wildman–Crippen LogP) is 3.64. The first-order valence-corrected chi connectivity index (χ1v) is 11.4. The summed E-state index contributed by atoms with van der Waals surface area (Å²) in [6.45, 7) is 0. The molecule has 13 heteroatoms. The van der Waals surface area contributed by atoms with Crippen molar-refractivity contribution in [2.45, 2.75) is 42.1 Å². The summed E-state index contributed by atoms with van der Waals surface area (Å²) in [5.74, 6) is -7.93. The molecule has 1 fully saturated rings. The molecule has 0 aliphatic heterocycles. The number of hydrogen-bond donors (Lipinski definition) is 1. The van der Waals surface area contributed by atoms with Crippen molar-refractivity contribution in [1.29, 1.82) is 0 Å². The number of rotatable bonds is 6. The minimum atomic E-state index is -4.53. The summed E-state index contributed by atoms with van der Waals surface area (Å²) in [5, 5.41) is 3.91. The summed E-state index contributed by atoms with van der Waals surface area (Å²) < 4.78 is 92.8. The molecule has 1 aromatic carbocycles. The van der Waals surface area contributed by atoms with Gasteiger partial charge in [-0.15, -0.1) is 0 Å². The van der Waals surface area contributed by atoms with Crippen molar-refractivity contribution in [2.75, 3.05) is 4.72 Å². The van der Waals surface area contributed by atoms with E-state index in [1.165, 1.54) is 36.3 Å². The zero-order valence-electron chi connectivity index (χ0n) is 17.3. The number of alkyl halides is 2. The van der Waals surface area contributed by atoms with Gasteiger partial charge in [-0.1, -0.05) is 0 Å². The first-order chi connectivity index (χ1) is 15.6. The van der Waals surface area contributed by atoms with Gasteiger partial charge in [-0.2, -0.15) is 5.10 Å². The second-order valence-corrected chi connectivity index (χ2v) is 9.23. The maximum atomic E-state index is 14.8. The third kappa shape index (κ3) is 4.63. The monoisotopic (exact) mass is 485 g/mol. The predicted molar refractivity (Wildman–Crippen MR) is 108 cm³/mol. The van der Waals surface area contributed by atoms with Crippen LogP contribution in [0.15, 0.2) is 47.9 Å². The number of benzene rings is 1. The van der Waals surface area contributed by atoms with E-state index >= 15 is 0 Å². The summed E-state index contributed by atoms with van der Waals surface area (Å²) in [5.41, 5.74) is 0.193. The van der Waals surface area contributed by atoms with Crippen LogP contribution in [-0.4, -0.2) is 40.2 Å². The van der Waals surface area contributed by atoms with E-state index in [1.54, 1.807) is 0 Å². The van der Waals surface area contributed by atoms with E-state index in [9.17, 15) is 26.0 Å². The Balaban J connectivity index is 1.64. The third-order valence-electron chi connectivity index (χ3n) is 5.38. The zero-order valence-corrected chi connectivity index (χ0v) is 18.1. The topological polar surface area (TPSA) is 99.0 Å². The highest BCUT2D eigenvalue weighted by atomic mass is 32.2. The summed E-state index contributed by atoms with van der Waals surface area (Å²) >= 11 is 0. The fourth-order valence-corrected chi connectivity index (χ4v) is 4.95. The van der Waals surface area contributed by atoms with Crippen LogP contribution in [-0.2, 0) is 17.1 Å². The van der Waals surface area contributed by atoms with Gasteiger partial charge < -0.3 is 4.74 Å². The maximum absolute atomic E-state index is 14.8. The SMILES string of the molecule is Cn1nccc1C1C(Oc2cc(F)c(S(=O)(=O)Nc3ccncn3)cc2F)CCCC1(F)F. The molecule has 2 heterocycles. The normalized spacial score (nSPS) is 20.4. The lowest BCUT2D eigenvalue weighted by atomic mass is 9.80. The van der Waals surface area contributed by atoms with Gasteiger partial charge in [-0.3, -0.25) is 9.40 Å². The quantitative estimate of drug-likeness (QED) is 0.536. The van der Waals surface area contributed by atoms with Crippen LogP contribution in [0.2, 0.25) is 0 Å². The maximum Gasteiger partial charge on any atom is 0.266 e. The van der Waals surface area contributed by atoms with Crippen LogP contribution in [0.3, 0.4) is 0 Å². The highest BCUT2D eigenvalue weighted by molar-refractivity contribution is 7.92. The van der Waals surface area contributed by atoms with Crippen molar-refractivity contribution < 1.29 is 30.7 Å². The van der Waals surface area contributed by atoms with E-state index < -0.39 is 50.2 Å². The van der Waals surface area contributed by atoms with E-state index in [4.69, 9.17) is 4.74 Å². The number of halogens is 4. The summed E-state index contributed by atoms with van der Waals surface area (Å²) in [6.07, 6.45) is 2.42. The van der Waals surface area contributed by atoms with Crippen LogP contribution in [0, 0.1) is 11.6 Å². The number of nitrogens with one attached hydrogen (secondary N) is 1. The molecule has 4 rings (SSSR count). The second kappa shape index (κ2) is 8.61. The van der Waals surface area contributed by atoms with E-state index in [1.807, 2.05) is 4.72 Å². The van der Waals surface area contributed by atoms with Gasteiger partial charge in [0.15, 0.2) is 11.6 Å². The number of hydrogen-bond acceptors (Lipinski definition) is 6. The van der Waals surface area contributed by atoms with Crippen molar-refractivity contribution >= 4 is 15.8 Å². The smallest absolute Gasteiger partial charge is 0.266 e. The zero-order chi connectivity index (χ0) is 23.8. The fraction of sp³-hybridized carbons (Fsp3) is 0.350. The highest BCUT2D eigenvalue weighted by Gasteiger charge is 2.50. The number of nitrogens with zero attached hydrogens (tertiary/aromatic N) is 4. The standard InChI is InChI=1S/C20H19F4N5O3S/c1-29-14(4-8-27-29)19-15(3-2-6-20(19,23)24)32-16-9-13(22)17(10-12(16)21)33(30,31)28-18-5-7-25-11-26-18/h4-5,7-11,15,19H,2-3,6H2,1H3,(H,25,26,28). The van der Waals surface area contributed by atoms with Gasteiger partial charge in [0.25, 0.3) is 15.9 Å². The molecule has 0 radical (unpaired) electrons. The highest BCUT2D eigenvalue weighted by Crippen LogP contribution is 2.46. The fourth-order valence-electron chi connectivity index (χ4n) is 3.87. The number of ether oxygens (including phenoxy) is 1. The molecule has 1 N–H and O–H groups in total. The lowest BCUT2D eigenvalue weighted by molar-refractivity contribution is -0.0957. The molecule has 33 heavy (non-hydrogen) atoms. The Bertz CT molecular complexity index is 1250. The average molecular weight is 485 g/mol. The van der Waals surface area contributed by atoms with E-state index in [0.29, 0.717) is 12.1 Å². The minimum Gasteiger partial charge on any atom is -0.486 e. The Hall–Kier alpha value is -3.22. The number of sulfonamides is 1. The van der Waals surface area contributed by atoms with Crippen molar-refractivity contribution in [3.8, 4) is 5.75 Å². The number of aryl methyl sites for hydroxylation is 1. The van der Waals surface area contributed by atoms with Crippen LogP contribution in [0.25, 0.3) is 0 Å². The van der Waals surface area contributed by atoms with Crippen LogP contribution >= 0.6 is 0 Å². The number of anilines is 1. The van der Waals surface area contributed by atoms with E-state index in [2.05, 4.69) is 15.1 Å². The molecule has 2 atom stereocenters. The van der Waals surface area contributed by atoms with Crippen molar-refractivity contribution in [2.24, 2.45) is 7.05 Å². The molecule has 2 aromatic heterocycles. The first kappa shape index (κ1) is 23.0. The summed E-state index contributed by atoms with van der Waals surface area (Å²) in [4.78, 5) is 6.32. The van der Waals surface area contributed by atoms with Gasteiger partial charge in [-0.25, -0.2) is 35.9 Å². The molecule has 176 valence electrons. The minimum absolute atomic E-state index is 0.117. The third-order valence-corrected chi connectivity index (χ3v) is 6.75. The Labute approximate surface area is 186 Å². The molecule has 0 saturated heterocycles. The molecule has 1 aliphatic rings. The summed E-state index contributed by atoms with van der Waals surface area (Å²) in [6, 6.07) is 3.63. The van der Waals surface area contributed by atoms with Gasteiger partial charge in [0.2, 0.25) is 0 Å². The van der Waals surface area contributed by atoms with Crippen molar-refractivity contribution in [3.05, 3.63) is 60.3 Å². The van der Waals surface area contributed by atoms with Crippen LogP contribution < -0.4 is 9.46 Å². The lowest BCUT2D eigenvalue weighted by Crippen LogP contribution is -2.43. The van der Waals surface area contributed by atoms with Gasteiger partial charge >= 0.3 is 0 Å². The first-order valence-electron chi connectivity index (χ1n) is 9.89. The Morgan fingerprint density at radius 3 is 2.64 bits per heavy atom. The Kier molecular flexibility index (Phi) is 5.99. The van der Waals surface area contributed by atoms with Crippen LogP contribution in [0.4, 0.5) is 23.4 Å². The summed E-state index contributed by atoms with van der Waals surface area (Å²) in [7, 11) is -3.03. The van der Waals surface area contributed by atoms with Crippen molar-refractivity contribution in [1.82, 2.24) is 19.7 Å². The van der Waals surface area contributed by atoms with Gasteiger partial charge in [0.1, 0.15) is 34.9 Å². The van der Waals surface area contributed by atoms with Gasteiger partial charge in [-0.05, 0) is 25.0 Å². The Morgan fingerprint density at radius 1 is 1.18 bits per heavy atom. The molecule has 2 unspecified atom stereocenters. The average Bonchev–Trinajstić information content (AvgIpc) is 3.15. The lowest BCUT2D eigenvalue weighted by Gasteiger charge is -2.37. The molecule has 8 nitrogen and oxygen atoms in total. The molecule has 3 aromatic rings.